The van der Waals surface area contributed by atoms with Crippen molar-refractivity contribution in [3.63, 3.8) is 0 Å². The molecule has 0 aliphatic rings. The van der Waals surface area contributed by atoms with E-state index in [9.17, 15) is 14.4 Å². The molecule has 0 aromatic heterocycles. The molecule has 0 heterocycles. The lowest BCUT2D eigenvalue weighted by atomic mass is 10.2. The first-order valence-corrected chi connectivity index (χ1v) is 6.09. The fraction of sp³-hybridized carbons (Fsp3) is 0.308. The van der Waals surface area contributed by atoms with E-state index in [4.69, 9.17) is 0 Å². The van der Waals surface area contributed by atoms with Gasteiger partial charge in [0.1, 0.15) is 6.04 Å². The van der Waals surface area contributed by atoms with Crippen LogP contribution < -0.4 is 21.3 Å². The van der Waals surface area contributed by atoms with Crippen molar-refractivity contribution in [2.75, 3.05) is 17.7 Å². The normalized spacial score (nSPS) is 11.2. The number of urea groups is 1. The molecular weight excluding hydrogens is 260 g/mol. The molecule has 0 saturated heterocycles. The molecule has 1 atom stereocenters. The van der Waals surface area contributed by atoms with E-state index >= 15 is 0 Å². The Hall–Kier alpha value is -2.57. The summed E-state index contributed by atoms with van der Waals surface area (Å²) in [7, 11) is 1.43. The molecule has 1 aromatic carbocycles. The molecule has 7 nitrogen and oxygen atoms in total. The predicted octanol–water partition coefficient (Wildman–Crippen LogP) is 0.901. The minimum atomic E-state index is -0.597. The maximum Gasteiger partial charge on any atom is 0.321 e. The van der Waals surface area contributed by atoms with Crippen molar-refractivity contribution in [1.82, 2.24) is 10.6 Å². The second-order valence-electron chi connectivity index (χ2n) is 4.20. The Morgan fingerprint density at radius 2 is 1.80 bits per heavy atom. The van der Waals surface area contributed by atoms with Crippen molar-refractivity contribution in [1.29, 1.82) is 0 Å². The Labute approximate surface area is 117 Å². The number of carbonyl (C=O) groups excluding carboxylic acids is 3. The molecule has 1 aromatic rings. The summed E-state index contributed by atoms with van der Waals surface area (Å²) in [5.74, 6) is -0.623. The Kier molecular flexibility index (Phi) is 5.52. The van der Waals surface area contributed by atoms with Crippen LogP contribution in [0.3, 0.4) is 0 Å². The summed E-state index contributed by atoms with van der Waals surface area (Å²) in [5, 5.41) is 10.1. The van der Waals surface area contributed by atoms with Gasteiger partial charge in [-0.05, 0) is 25.1 Å². The summed E-state index contributed by atoms with van der Waals surface area (Å²) in [6.45, 7) is 3.04. The Bertz CT molecular complexity index is 516. The van der Waals surface area contributed by atoms with Gasteiger partial charge in [0.15, 0.2) is 0 Å². The highest BCUT2D eigenvalue weighted by atomic mass is 16.2. The van der Waals surface area contributed by atoms with Gasteiger partial charge in [-0.3, -0.25) is 14.9 Å². The van der Waals surface area contributed by atoms with E-state index in [0.717, 1.165) is 0 Å². The van der Waals surface area contributed by atoms with E-state index in [2.05, 4.69) is 21.3 Å². The number of hydrogen-bond acceptors (Lipinski definition) is 4. The van der Waals surface area contributed by atoms with E-state index in [1.165, 1.54) is 14.0 Å². The van der Waals surface area contributed by atoms with E-state index in [-0.39, 0.29) is 5.91 Å². The van der Waals surface area contributed by atoms with Gasteiger partial charge in [0.2, 0.25) is 11.8 Å². The fourth-order valence-corrected chi connectivity index (χ4v) is 1.49. The summed E-state index contributed by atoms with van der Waals surface area (Å²) in [6, 6.07) is 5.79. The van der Waals surface area contributed by atoms with Crippen molar-refractivity contribution >= 4 is 29.2 Å². The van der Waals surface area contributed by atoms with Crippen molar-refractivity contribution < 1.29 is 14.4 Å². The zero-order valence-corrected chi connectivity index (χ0v) is 11.6. The quantitative estimate of drug-likeness (QED) is 0.657. The van der Waals surface area contributed by atoms with Crippen LogP contribution >= 0.6 is 0 Å². The minimum Gasteiger partial charge on any atom is -0.374 e. The molecule has 108 valence electrons. The van der Waals surface area contributed by atoms with Gasteiger partial charge < -0.3 is 16.0 Å². The SMILES string of the molecule is CNC(=O)NC(=O)C(C)Nc1cccc(NC(C)=O)c1. The van der Waals surface area contributed by atoms with Gasteiger partial charge in [0.25, 0.3) is 0 Å². The first-order valence-electron chi connectivity index (χ1n) is 6.09. The lowest BCUT2D eigenvalue weighted by molar-refractivity contribution is -0.120. The average molecular weight is 278 g/mol. The Balaban J connectivity index is 2.65. The maximum atomic E-state index is 11.7. The van der Waals surface area contributed by atoms with Crippen LogP contribution in [0.2, 0.25) is 0 Å². The minimum absolute atomic E-state index is 0.174. The smallest absolute Gasteiger partial charge is 0.321 e. The molecule has 1 unspecified atom stereocenters. The van der Waals surface area contributed by atoms with E-state index < -0.39 is 18.0 Å². The molecule has 0 radical (unpaired) electrons. The highest BCUT2D eigenvalue weighted by Gasteiger charge is 2.14. The zero-order chi connectivity index (χ0) is 15.1. The summed E-state index contributed by atoms with van der Waals surface area (Å²) in [4.78, 5) is 33.7. The number of hydrogen-bond donors (Lipinski definition) is 4. The molecule has 0 spiro atoms. The van der Waals surface area contributed by atoms with Crippen LogP contribution in [-0.4, -0.2) is 30.9 Å². The van der Waals surface area contributed by atoms with Crippen molar-refractivity contribution in [3.05, 3.63) is 24.3 Å². The number of benzene rings is 1. The average Bonchev–Trinajstić information content (AvgIpc) is 2.38. The third-order valence-electron chi connectivity index (χ3n) is 2.42. The molecule has 0 aliphatic carbocycles. The Morgan fingerprint density at radius 1 is 1.15 bits per heavy atom. The first kappa shape index (κ1) is 15.5. The largest absolute Gasteiger partial charge is 0.374 e. The molecule has 0 fully saturated rings. The molecule has 0 aliphatic heterocycles. The monoisotopic (exact) mass is 278 g/mol. The van der Waals surface area contributed by atoms with Gasteiger partial charge >= 0.3 is 6.03 Å². The number of carbonyl (C=O) groups is 3. The van der Waals surface area contributed by atoms with Crippen molar-refractivity contribution in [3.8, 4) is 0 Å². The number of nitrogens with one attached hydrogen (secondary N) is 4. The van der Waals surface area contributed by atoms with Gasteiger partial charge in [-0.25, -0.2) is 4.79 Å². The summed E-state index contributed by atoms with van der Waals surface area (Å²) in [5.41, 5.74) is 1.29. The maximum absolute atomic E-state index is 11.7. The zero-order valence-electron chi connectivity index (χ0n) is 11.6. The molecule has 7 heteroatoms. The molecule has 1 rings (SSSR count). The number of anilines is 2. The molecule has 4 amide bonds. The van der Waals surface area contributed by atoms with Crippen LogP contribution in [0.5, 0.6) is 0 Å². The van der Waals surface area contributed by atoms with Crippen LogP contribution in [0.15, 0.2) is 24.3 Å². The standard InChI is InChI=1S/C13H18N4O3/c1-8(12(19)17-13(20)14-3)15-10-5-4-6-11(7-10)16-9(2)18/h4-8,15H,1-3H3,(H,16,18)(H2,14,17,19,20). The third kappa shape index (κ3) is 4.97. The topological polar surface area (TPSA) is 99.3 Å². The molecule has 0 saturated carbocycles. The highest BCUT2D eigenvalue weighted by Crippen LogP contribution is 2.15. The van der Waals surface area contributed by atoms with Gasteiger partial charge in [0, 0.05) is 25.3 Å². The number of amides is 4. The molecule has 4 N–H and O–H groups in total. The molecular formula is C13H18N4O3. The lowest BCUT2D eigenvalue weighted by Gasteiger charge is -2.15. The van der Waals surface area contributed by atoms with E-state index in [0.29, 0.717) is 11.4 Å². The number of rotatable bonds is 4. The van der Waals surface area contributed by atoms with Crippen molar-refractivity contribution in [2.45, 2.75) is 19.9 Å². The second kappa shape index (κ2) is 7.13. The van der Waals surface area contributed by atoms with E-state index in [1.807, 2.05) is 0 Å². The second-order valence-corrected chi connectivity index (χ2v) is 4.20. The van der Waals surface area contributed by atoms with E-state index in [1.54, 1.807) is 31.2 Å². The third-order valence-corrected chi connectivity index (χ3v) is 2.42. The van der Waals surface area contributed by atoms with Gasteiger partial charge in [-0.15, -0.1) is 0 Å². The van der Waals surface area contributed by atoms with Crippen LogP contribution in [0.25, 0.3) is 0 Å². The van der Waals surface area contributed by atoms with Crippen LogP contribution in [-0.2, 0) is 9.59 Å². The number of imide groups is 1. The van der Waals surface area contributed by atoms with Gasteiger partial charge in [0.05, 0.1) is 0 Å². The predicted molar refractivity (Wildman–Crippen MR) is 76.4 cm³/mol. The Morgan fingerprint density at radius 3 is 2.40 bits per heavy atom. The van der Waals surface area contributed by atoms with Crippen LogP contribution in [0, 0.1) is 0 Å². The van der Waals surface area contributed by atoms with Crippen LogP contribution in [0.1, 0.15) is 13.8 Å². The van der Waals surface area contributed by atoms with Crippen molar-refractivity contribution in [2.24, 2.45) is 0 Å². The first-order chi connectivity index (χ1) is 9.42. The molecule has 0 bridgehead atoms. The van der Waals surface area contributed by atoms with Crippen LogP contribution in [0.4, 0.5) is 16.2 Å². The molecule has 20 heavy (non-hydrogen) atoms. The van der Waals surface area contributed by atoms with Gasteiger partial charge in [-0.1, -0.05) is 6.07 Å². The highest BCUT2D eigenvalue weighted by molar-refractivity contribution is 5.98. The summed E-state index contributed by atoms with van der Waals surface area (Å²) in [6.07, 6.45) is 0. The van der Waals surface area contributed by atoms with Gasteiger partial charge in [-0.2, -0.15) is 0 Å². The summed E-state index contributed by atoms with van der Waals surface area (Å²) < 4.78 is 0. The fourth-order valence-electron chi connectivity index (χ4n) is 1.49. The summed E-state index contributed by atoms with van der Waals surface area (Å²) >= 11 is 0. The lowest BCUT2D eigenvalue weighted by Crippen LogP contribution is -2.44.